The molecule has 0 radical (unpaired) electrons. The highest BCUT2D eigenvalue weighted by Crippen LogP contribution is 2.20. The number of halogens is 3. The van der Waals surface area contributed by atoms with Crippen molar-refractivity contribution < 1.29 is 23.1 Å². The number of hydrogen-bond donors (Lipinski definition) is 3. The molecule has 8 heteroatoms. The first kappa shape index (κ1) is 20.2. The van der Waals surface area contributed by atoms with Gasteiger partial charge in [0.25, 0.3) is 0 Å². The summed E-state index contributed by atoms with van der Waals surface area (Å²) in [5.74, 6) is -2.65. The van der Waals surface area contributed by atoms with Crippen LogP contribution in [-0.4, -0.2) is 23.1 Å². The summed E-state index contributed by atoms with van der Waals surface area (Å²) in [7, 11) is 0. The fourth-order valence-electron chi connectivity index (χ4n) is 2.10. The number of rotatable bonds is 3. The standard InChI is InChI=1S/C17H14N2S.C2HF3O2/c18-17(19)15-7-6-13-10-12(3-5-14(13)11-15)4-8-16-2-1-9-20-16;3-2(4,5)1(6)7/h1-11H,(H3,18,19);(H,6,7). The van der Waals surface area contributed by atoms with E-state index >= 15 is 0 Å². The Labute approximate surface area is 156 Å². The van der Waals surface area contributed by atoms with Gasteiger partial charge in [-0.05, 0) is 46.0 Å². The molecule has 0 aliphatic rings. The van der Waals surface area contributed by atoms with Crippen molar-refractivity contribution in [2.75, 3.05) is 0 Å². The normalized spacial score (nSPS) is 11.2. The maximum Gasteiger partial charge on any atom is 0.490 e. The van der Waals surface area contributed by atoms with Crippen LogP contribution >= 0.6 is 11.3 Å². The summed E-state index contributed by atoms with van der Waals surface area (Å²) in [5.41, 5.74) is 7.44. The summed E-state index contributed by atoms with van der Waals surface area (Å²) in [6, 6.07) is 16.3. The van der Waals surface area contributed by atoms with Crippen molar-refractivity contribution in [1.82, 2.24) is 0 Å². The van der Waals surface area contributed by atoms with Crippen LogP contribution in [0.3, 0.4) is 0 Å². The summed E-state index contributed by atoms with van der Waals surface area (Å²) >= 11 is 1.73. The summed E-state index contributed by atoms with van der Waals surface area (Å²) < 4.78 is 31.7. The number of carbonyl (C=O) groups is 1. The van der Waals surface area contributed by atoms with Gasteiger partial charge < -0.3 is 10.8 Å². The zero-order valence-corrected chi connectivity index (χ0v) is 14.6. The predicted molar refractivity (Wildman–Crippen MR) is 102 cm³/mol. The van der Waals surface area contributed by atoms with E-state index in [1.54, 1.807) is 11.3 Å². The molecule has 0 spiro atoms. The SMILES string of the molecule is N=C(N)c1ccc2cc(C=Cc3cccs3)ccc2c1.O=C(O)C(F)(F)F. The van der Waals surface area contributed by atoms with Crippen LogP contribution in [0.4, 0.5) is 13.2 Å². The molecule has 3 aromatic rings. The molecule has 0 aliphatic heterocycles. The molecule has 1 heterocycles. The molecule has 2 aromatic carbocycles. The average Bonchev–Trinajstić information content (AvgIpc) is 3.12. The predicted octanol–water partition coefficient (Wildman–Crippen LogP) is 4.99. The van der Waals surface area contributed by atoms with Gasteiger partial charge in [-0.2, -0.15) is 13.2 Å². The zero-order chi connectivity index (χ0) is 20.0. The number of carboxylic acid groups (broad SMARTS) is 1. The highest BCUT2D eigenvalue weighted by molar-refractivity contribution is 7.10. The molecule has 0 aliphatic carbocycles. The molecular weight excluding hydrogens is 377 g/mol. The van der Waals surface area contributed by atoms with Gasteiger partial charge in [-0.1, -0.05) is 36.4 Å². The van der Waals surface area contributed by atoms with Crippen molar-refractivity contribution in [3.05, 3.63) is 69.9 Å². The molecule has 0 bridgehead atoms. The number of carboxylic acids is 1. The number of hydrogen-bond acceptors (Lipinski definition) is 3. The van der Waals surface area contributed by atoms with Gasteiger partial charge in [-0.15, -0.1) is 11.3 Å². The lowest BCUT2D eigenvalue weighted by Gasteiger charge is -2.03. The molecule has 0 fully saturated rings. The number of nitrogen functional groups attached to an aromatic ring is 1. The van der Waals surface area contributed by atoms with Gasteiger partial charge in [-0.3, -0.25) is 5.41 Å². The lowest BCUT2D eigenvalue weighted by molar-refractivity contribution is -0.192. The van der Waals surface area contributed by atoms with E-state index in [0.29, 0.717) is 0 Å². The number of aliphatic carboxylic acids is 1. The van der Waals surface area contributed by atoms with Crippen LogP contribution < -0.4 is 5.73 Å². The molecule has 1 aromatic heterocycles. The first-order chi connectivity index (χ1) is 12.7. The fraction of sp³-hybridized carbons (Fsp3) is 0.0526. The molecule has 0 unspecified atom stereocenters. The molecular formula is C19H15F3N2O2S. The molecule has 27 heavy (non-hydrogen) atoms. The topological polar surface area (TPSA) is 87.2 Å². The largest absolute Gasteiger partial charge is 0.490 e. The Morgan fingerprint density at radius 3 is 2.26 bits per heavy atom. The van der Waals surface area contributed by atoms with E-state index in [4.69, 9.17) is 21.0 Å². The minimum atomic E-state index is -5.08. The van der Waals surface area contributed by atoms with E-state index in [1.807, 2.05) is 24.3 Å². The lowest BCUT2D eigenvalue weighted by atomic mass is 10.0. The Kier molecular flexibility index (Phi) is 6.36. The van der Waals surface area contributed by atoms with Crippen molar-refractivity contribution in [2.45, 2.75) is 6.18 Å². The quantitative estimate of drug-likeness (QED) is 0.433. The third kappa shape index (κ3) is 5.96. The number of nitrogens with one attached hydrogen (secondary N) is 1. The minimum absolute atomic E-state index is 0.105. The summed E-state index contributed by atoms with van der Waals surface area (Å²) in [6.45, 7) is 0. The number of thiophene rings is 1. The second kappa shape index (κ2) is 8.50. The molecule has 0 saturated carbocycles. The van der Waals surface area contributed by atoms with E-state index < -0.39 is 12.1 Å². The second-order valence-electron chi connectivity index (χ2n) is 5.39. The molecule has 0 atom stereocenters. The molecule has 140 valence electrons. The highest BCUT2D eigenvalue weighted by atomic mass is 32.1. The average molecular weight is 392 g/mol. The molecule has 0 saturated heterocycles. The van der Waals surface area contributed by atoms with Crippen LogP contribution in [0.2, 0.25) is 0 Å². The molecule has 0 amide bonds. The molecule has 4 nitrogen and oxygen atoms in total. The maximum absolute atomic E-state index is 10.6. The molecule has 4 N–H and O–H groups in total. The van der Waals surface area contributed by atoms with Gasteiger partial charge in [-0.25, -0.2) is 4.79 Å². The van der Waals surface area contributed by atoms with E-state index in [-0.39, 0.29) is 5.84 Å². The van der Waals surface area contributed by atoms with Crippen molar-refractivity contribution in [1.29, 1.82) is 5.41 Å². The van der Waals surface area contributed by atoms with E-state index in [1.165, 1.54) is 10.4 Å². The minimum Gasteiger partial charge on any atom is -0.475 e. The number of amidine groups is 1. The van der Waals surface area contributed by atoms with E-state index in [2.05, 4.69) is 41.8 Å². The fourth-order valence-corrected chi connectivity index (χ4v) is 2.72. The summed E-state index contributed by atoms with van der Waals surface area (Å²) in [6.07, 6.45) is -0.847. The number of nitrogens with two attached hydrogens (primary N) is 1. The van der Waals surface area contributed by atoms with Crippen LogP contribution in [0.5, 0.6) is 0 Å². The van der Waals surface area contributed by atoms with Crippen molar-refractivity contribution in [3.63, 3.8) is 0 Å². The van der Waals surface area contributed by atoms with Crippen LogP contribution in [0, 0.1) is 5.41 Å². The number of alkyl halides is 3. The summed E-state index contributed by atoms with van der Waals surface area (Å²) in [4.78, 5) is 10.1. The van der Waals surface area contributed by atoms with Crippen LogP contribution in [0.1, 0.15) is 16.0 Å². The second-order valence-corrected chi connectivity index (χ2v) is 6.37. The first-order valence-electron chi connectivity index (χ1n) is 7.57. The van der Waals surface area contributed by atoms with Crippen LogP contribution in [0.25, 0.3) is 22.9 Å². The van der Waals surface area contributed by atoms with Crippen LogP contribution in [-0.2, 0) is 4.79 Å². The van der Waals surface area contributed by atoms with Gasteiger partial charge in [0.2, 0.25) is 0 Å². The Balaban J connectivity index is 0.000000321. The lowest BCUT2D eigenvalue weighted by Crippen LogP contribution is -2.21. The van der Waals surface area contributed by atoms with Crippen molar-refractivity contribution >= 4 is 46.1 Å². The Hall–Kier alpha value is -3.13. The van der Waals surface area contributed by atoms with Gasteiger partial charge >= 0.3 is 12.1 Å². The van der Waals surface area contributed by atoms with Crippen molar-refractivity contribution in [3.8, 4) is 0 Å². The summed E-state index contributed by atoms with van der Waals surface area (Å²) in [5, 5.41) is 18.9. The smallest absolute Gasteiger partial charge is 0.475 e. The van der Waals surface area contributed by atoms with Gasteiger partial charge in [0, 0.05) is 10.4 Å². The third-order valence-corrected chi connectivity index (χ3v) is 4.24. The Morgan fingerprint density at radius 2 is 1.70 bits per heavy atom. The van der Waals surface area contributed by atoms with Crippen molar-refractivity contribution in [2.24, 2.45) is 5.73 Å². The highest BCUT2D eigenvalue weighted by Gasteiger charge is 2.38. The van der Waals surface area contributed by atoms with Crippen LogP contribution in [0.15, 0.2) is 53.9 Å². The third-order valence-electron chi connectivity index (χ3n) is 3.40. The van der Waals surface area contributed by atoms with Gasteiger partial charge in [0.1, 0.15) is 5.84 Å². The first-order valence-corrected chi connectivity index (χ1v) is 8.44. The zero-order valence-electron chi connectivity index (χ0n) is 13.8. The van der Waals surface area contributed by atoms with Gasteiger partial charge in [0.05, 0.1) is 0 Å². The Bertz CT molecular complexity index is 980. The van der Waals surface area contributed by atoms with E-state index in [0.717, 1.165) is 16.3 Å². The monoisotopic (exact) mass is 392 g/mol. The molecule has 3 rings (SSSR count). The Morgan fingerprint density at radius 1 is 1.07 bits per heavy atom. The van der Waals surface area contributed by atoms with Gasteiger partial charge in [0.15, 0.2) is 0 Å². The van der Waals surface area contributed by atoms with E-state index in [9.17, 15) is 13.2 Å². The maximum atomic E-state index is 10.6. The number of benzene rings is 2. The number of fused-ring (bicyclic) bond motifs is 1.